The summed E-state index contributed by atoms with van der Waals surface area (Å²) in [6.45, 7) is 9.80. The van der Waals surface area contributed by atoms with Crippen molar-refractivity contribution >= 4 is 10.0 Å². The van der Waals surface area contributed by atoms with E-state index in [9.17, 15) is 8.42 Å². The highest BCUT2D eigenvalue weighted by atomic mass is 32.2. The lowest BCUT2D eigenvalue weighted by Crippen LogP contribution is -2.49. The molecule has 2 N–H and O–H groups in total. The number of hydrogen-bond acceptors (Lipinski definition) is 5. The number of nitrogens with one attached hydrogen (secondary N) is 2. The third-order valence-electron chi connectivity index (χ3n) is 2.55. The first kappa shape index (κ1) is 17.1. The summed E-state index contributed by atoms with van der Waals surface area (Å²) < 4.78 is 27.0. The van der Waals surface area contributed by atoms with Crippen molar-refractivity contribution in [3.63, 3.8) is 0 Å². The highest BCUT2D eigenvalue weighted by Crippen LogP contribution is 2.04. The average Bonchev–Trinajstić information content (AvgIpc) is 2.60. The fourth-order valence-corrected chi connectivity index (χ4v) is 3.02. The molecule has 0 fully saturated rings. The Balaban J connectivity index is 2.50. The fourth-order valence-electron chi connectivity index (χ4n) is 1.95. The van der Waals surface area contributed by atoms with Crippen molar-refractivity contribution in [3.05, 3.63) is 12.2 Å². The molecule has 8 heteroatoms. The average molecular weight is 303 g/mol. The van der Waals surface area contributed by atoms with Crippen LogP contribution in [0.2, 0.25) is 0 Å². The van der Waals surface area contributed by atoms with Crippen molar-refractivity contribution in [1.29, 1.82) is 0 Å². The molecule has 0 radical (unpaired) electrons. The van der Waals surface area contributed by atoms with Crippen LogP contribution in [0.3, 0.4) is 0 Å². The van der Waals surface area contributed by atoms with Crippen molar-refractivity contribution < 1.29 is 8.42 Å². The van der Waals surface area contributed by atoms with E-state index in [-0.39, 0.29) is 0 Å². The molecule has 0 aromatic carbocycles. The van der Waals surface area contributed by atoms with E-state index in [1.165, 1.54) is 0 Å². The summed E-state index contributed by atoms with van der Waals surface area (Å²) in [6, 6.07) is 0. The van der Waals surface area contributed by atoms with Crippen LogP contribution in [-0.2, 0) is 23.1 Å². The van der Waals surface area contributed by atoms with E-state index in [4.69, 9.17) is 0 Å². The number of nitrogens with zero attached hydrogens (tertiary/aromatic N) is 3. The Hall–Kier alpha value is -0.990. The second-order valence-corrected chi connectivity index (χ2v) is 7.86. The van der Waals surface area contributed by atoms with Gasteiger partial charge in [0.1, 0.15) is 12.2 Å². The Kier molecular flexibility index (Phi) is 5.67. The highest BCUT2D eigenvalue weighted by Gasteiger charge is 2.21. The van der Waals surface area contributed by atoms with Gasteiger partial charge in [0.15, 0.2) is 0 Å². The molecule has 1 aromatic rings. The van der Waals surface area contributed by atoms with Crippen LogP contribution in [-0.4, -0.2) is 41.5 Å². The summed E-state index contributed by atoms with van der Waals surface area (Å²) in [5.74, 6) is 1.35. The van der Waals surface area contributed by atoms with E-state index < -0.39 is 15.6 Å². The molecule has 1 aromatic heterocycles. The van der Waals surface area contributed by atoms with Crippen LogP contribution in [0.1, 0.15) is 33.5 Å². The standard InChI is InChI=1S/C12H25N5O2S/c1-10(2)7-17-11(14-9-15-17)6-13-8-12(3,4)16-20(5,18)19/h9-10,13,16H,6-8H2,1-5H3. The van der Waals surface area contributed by atoms with Crippen LogP contribution in [0.4, 0.5) is 0 Å². The van der Waals surface area contributed by atoms with Gasteiger partial charge in [0.05, 0.1) is 12.8 Å². The van der Waals surface area contributed by atoms with Crippen LogP contribution < -0.4 is 10.0 Å². The Morgan fingerprint density at radius 2 is 2.05 bits per heavy atom. The van der Waals surface area contributed by atoms with E-state index in [1.54, 1.807) is 6.33 Å². The van der Waals surface area contributed by atoms with Gasteiger partial charge in [-0.1, -0.05) is 13.8 Å². The van der Waals surface area contributed by atoms with Gasteiger partial charge in [-0.3, -0.25) is 0 Å². The van der Waals surface area contributed by atoms with Gasteiger partial charge in [0.2, 0.25) is 10.0 Å². The molecule has 0 aliphatic carbocycles. The van der Waals surface area contributed by atoms with Crippen molar-refractivity contribution in [2.45, 2.75) is 46.3 Å². The van der Waals surface area contributed by atoms with E-state index >= 15 is 0 Å². The molecular weight excluding hydrogens is 278 g/mol. The zero-order chi connectivity index (χ0) is 15.4. The monoisotopic (exact) mass is 303 g/mol. The van der Waals surface area contributed by atoms with E-state index in [1.807, 2.05) is 18.5 Å². The molecule has 0 atom stereocenters. The minimum Gasteiger partial charge on any atom is -0.308 e. The predicted octanol–water partition coefficient (Wildman–Crippen LogP) is 0.352. The SMILES string of the molecule is CC(C)Cn1ncnc1CNCC(C)(C)NS(C)(=O)=O. The molecular formula is C12H25N5O2S. The first-order chi connectivity index (χ1) is 9.09. The minimum absolute atomic E-state index is 0.499. The number of hydrogen-bond donors (Lipinski definition) is 2. The van der Waals surface area contributed by atoms with Crippen LogP contribution in [0.5, 0.6) is 0 Å². The van der Waals surface area contributed by atoms with Crippen molar-refractivity contribution in [2.24, 2.45) is 5.92 Å². The Morgan fingerprint density at radius 1 is 1.40 bits per heavy atom. The Morgan fingerprint density at radius 3 is 2.60 bits per heavy atom. The maximum atomic E-state index is 11.2. The zero-order valence-electron chi connectivity index (χ0n) is 12.8. The van der Waals surface area contributed by atoms with Crippen molar-refractivity contribution in [1.82, 2.24) is 24.8 Å². The number of rotatable bonds is 8. The second kappa shape index (κ2) is 6.64. The van der Waals surface area contributed by atoms with E-state index in [0.717, 1.165) is 18.6 Å². The lowest BCUT2D eigenvalue weighted by atomic mass is 10.1. The molecule has 0 saturated carbocycles. The third kappa shape index (κ3) is 6.44. The van der Waals surface area contributed by atoms with Gasteiger partial charge in [-0.2, -0.15) is 5.10 Å². The smallest absolute Gasteiger partial charge is 0.209 e. The molecule has 116 valence electrons. The molecule has 0 spiro atoms. The molecule has 0 saturated heterocycles. The van der Waals surface area contributed by atoms with Gasteiger partial charge in [-0.15, -0.1) is 0 Å². The fraction of sp³-hybridized carbons (Fsp3) is 0.833. The maximum Gasteiger partial charge on any atom is 0.209 e. The Labute approximate surface area is 121 Å². The summed E-state index contributed by atoms with van der Waals surface area (Å²) >= 11 is 0. The van der Waals surface area contributed by atoms with Gasteiger partial charge in [-0.05, 0) is 19.8 Å². The molecule has 20 heavy (non-hydrogen) atoms. The van der Waals surface area contributed by atoms with Gasteiger partial charge >= 0.3 is 0 Å². The quantitative estimate of drug-likeness (QED) is 0.723. The van der Waals surface area contributed by atoms with Gasteiger partial charge in [-0.25, -0.2) is 22.8 Å². The molecule has 0 aliphatic rings. The van der Waals surface area contributed by atoms with Gasteiger partial charge < -0.3 is 5.32 Å². The van der Waals surface area contributed by atoms with E-state index in [0.29, 0.717) is 19.0 Å². The largest absolute Gasteiger partial charge is 0.308 e. The topological polar surface area (TPSA) is 88.9 Å². The Bertz CT molecular complexity index is 522. The lowest BCUT2D eigenvalue weighted by Gasteiger charge is -2.25. The molecule has 0 unspecified atom stereocenters. The first-order valence-corrected chi connectivity index (χ1v) is 8.54. The van der Waals surface area contributed by atoms with Crippen LogP contribution in [0.25, 0.3) is 0 Å². The molecule has 7 nitrogen and oxygen atoms in total. The molecule has 0 aliphatic heterocycles. The molecule has 0 amide bonds. The zero-order valence-corrected chi connectivity index (χ0v) is 13.7. The lowest BCUT2D eigenvalue weighted by molar-refractivity contribution is 0.407. The summed E-state index contributed by atoms with van der Waals surface area (Å²) in [4.78, 5) is 4.21. The molecule has 1 heterocycles. The van der Waals surface area contributed by atoms with Gasteiger partial charge in [0.25, 0.3) is 0 Å². The minimum atomic E-state index is -3.21. The predicted molar refractivity (Wildman–Crippen MR) is 78.6 cm³/mol. The van der Waals surface area contributed by atoms with E-state index in [2.05, 4.69) is 34.0 Å². The normalized spacial score (nSPS) is 13.1. The van der Waals surface area contributed by atoms with Crippen LogP contribution in [0.15, 0.2) is 6.33 Å². The second-order valence-electron chi connectivity index (χ2n) is 6.11. The van der Waals surface area contributed by atoms with Crippen molar-refractivity contribution in [2.75, 3.05) is 12.8 Å². The van der Waals surface area contributed by atoms with Crippen LogP contribution in [0, 0.1) is 5.92 Å². The molecule has 1 rings (SSSR count). The maximum absolute atomic E-state index is 11.2. The number of aromatic nitrogens is 3. The first-order valence-electron chi connectivity index (χ1n) is 6.65. The van der Waals surface area contributed by atoms with Gasteiger partial charge in [0, 0.05) is 18.6 Å². The summed E-state index contributed by atoms with van der Waals surface area (Å²) in [5.41, 5.74) is -0.545. The number of sulfonamides is 1. The van der Waals surface area contributed by atoms with Crippen molar-refractivity contribution in [3.8, 4) is 0 Å². The van der Waals surface area contributed by atoms with Crippen LogP contribution >= 0.6 is 0 Å². The third-order valence-corrected chi connectivity index (χ3v) is 3.47. The summed E-state index contributed by atoms with van der Waals surface area (Å²) in [7, 11) is -3.21. The summed E-state index contributed by atoms with van der Waals surface area (Å²) in [5, 5.41) is 7.40. The summed E-state index contributed by atoms with van der Waals surface area (Å²) in [6.07, 6.45) is 2.70. The molecule has 0 bridgehead atoms. The highest BCUT2D eigenvalue weighted by molar-refractivity contribution is 7.88.